The minimum absolute atomic E-state index is 0.292. The molecule has 0 aromatic heterocycles. The Morgan fingerprint density at radius 3 is 2.09 bits per heavy atom. The van der Waals surface area contributed by atoms with Gasteiger partial charge in [-0.3, -0.25) is 28.8 Å². The van der Waals surface area contributed by atoms with Gasteiger partial charge in [-0.05, 0) is 13.8 Å². The van der Waals surface area contributed by atoms with E-state index in [0.29, 0.717) is 11.8 Å². The summed E-state index contributed by atoms with van der Waals surface area (Å²) in [7, 11) is 0. The van der Waals surface area contributed by atoms with E-state index < -0.39 is 90.1 Å². The molecular formula is C18H30N6O9S. The summed E-state index contributed by atoms with van der Waals surface area (Å²) in [5, 5.41) is 36.7. The van der Waals surface area contributed by atoms with Crippen LogP contribution >= 0.6 is 11.8 Å². The summed E-state index contributed by atoms with van der Waals surface area (Å²) in [4.78, 5) is 73.3. The fourth-order valence-corrected chi connectivity index (χ4v) is 4.10. The molecule has 15 nitrogen and oxygen atoms in total. The van der Waals surface area contributed by atoms with Crippen LogP contribution in [0.1, 0.15) is 20.3 Å². The van der Waals surface area contributed by atoms with Crippen molar-refractivity contribution in [3.8, 4) is 0 Å². The number of nitrogens with one attached hydrogen (secondary N) is 4. The summed E-state index contributed by atoms with van der Waals surface area (Å²) in [5.74, 6) is -6.43. The van der Waals surface area contributed by atoms with Crippen molar-refractivity contribution in [3.63, 3.8) is 0 Å². The standard InChI is InChI=1S/C18H30N6O9S/c1-6-14(28)22-9(3-11(20)27)16(30)24-12(7(2)26)13(18(32)33)34-5-8(19)15(29)23-10(4-25)17(31)21-6/h6-10,12-13,25-26H,3-5,19H2,1-2H3,(H2,20,27)(H,21,31)(H,22,28)(H,23,29)(H,24,30)(H,32,33)/t6?,7-,8?,9?,10?,12+,13?/m1/s1. The molecule has 5 amide bonds. The third-order valence-electron chi connectivity index (χ3n) is 4.80. The zero-order valence-electron chi connectivity index (χ0n) is 18.5. The second kappa shape index (κ2) is 13.1. The molecule has 34 heavy (non-hydrogen) atoms. The normalized spacial score (nSPS) is 30.9. The molecule has 7 atom stereocenters. The van der Waals surface area contributed by atoms with Crippen molar-refractivity contribution in [1.82, 2.24) is 21.3 Å². The second-order valence-corrected chi connectivity index (χ2v) is 8.85. The van der Waals surface area contributed by atoms with Gasteiger partial charge in [-0.1, -0.05) is 0 Å². The van der Waals surface area contributed by atoms with Crippen molar-refractivity contribution < 1.29 is 44.1 Å². The fraction of sp³-hybridized carbons (Fsp3) is 0.667. The molecule has 192 valence electrons. The molecular weight excluding hydrogens is 476 g/mol. The minimum atomic E-state index is -1.55. The topological polar surface area (TPSA) is 263 Å². The maximum absolute atomic E-state index is 12.8. The van der Waals surface area contributed by atoms with Crippen molar-refractivity contribution in [2.24, 2.45) is 11.5 Å². The summed E-state index contributed by atoms with van der Waals surface area (Å²) >= 11 is 0.639. The molecule has 11 N–H and O–H groups in total. The van der Waals surface area contributed by atoms with Crippen molar-refractivity contribution >= 4 is 47.3 Å². The number of amides is 5. The summed E-state index contributed by atoms with van der Waals surface area (Å²) in [6.07, 6.45) is -2.06. The van der Waals surface area contributed by atoms with Gasteiger partial charge in [0.2, 0.25) is 29.5 Å². The van der Waals surface area contributed by atoms with Crippen LogP contribution in [-0.2, 0) is 28.8 Å². The Bertz CT molecular complexity index is 811. The quantitative estimate of drug-likeness (QED) is 0.170. The zero-order valence-corrected chi connectivity index (χ0v) is 19.3. The highest BCUT2D eigenvalue weighted by Crippen LogP contribution is 2.19. The summed E-state index contributed by atoms with van der Waals surface area (Å²) < 4.78 is 0. The van der Waals surface area contributed by atoms with E-state index in [1.165, 1.54) is 13.8 Å². The molecule has 1 fully saturated rings. The number of primary amides is 1. The molecule has 0 radical (unpaired) electrons. The van der Waals surface area contributed by atoms with Gasteiger partial charge in [0.05, 0.1) is 31.2 Å². The number of rotatable bonds is 5. The van der Waals surface area contributed by atoms with Gasteiger partial charge in [-0.25, -0.2) is 0 Å². The van der Waals surface area contributed by atoms with Crippen LogP contribution in [0.3, 0.4) is 0 Å². The molecule has 5 unspecified atom stereocenters. The van der Waals surface area contributed by atoms with Crippen LogP contribution in [0.25, 0.3) is 0 Å². The van der Waals surface area contributed by atoms with Crippen molar-refractivity contribution in [1.29, 1.82) is 0 Å². The van der Waals surface area contributed by atoms with Crippen molar-refractivity contribution in [2.75, 3.05) is 12.4 Å². The van der Waals surface area contributed by atoms with E-state index in [-0.39, 0.29) is 5.75 Å². The van der Waals surface area contributed by atoms with Gasteiger partial charge < -0.3 is 48.1 Å². The predicted octanol–water partition coefficient (Wildman–Crippen LogP) is -5.28. The molecule has 0 aliphatic carbocycles. The number of hydrogen-bond acceptors (Lipinski definition) is 10. The first-order valence-electron chi connectivity index (χ1n) is 10.2. The Kier molecular flexibility index (Phi) is 11.2. The lowest BCUT2D eigenvalue weighted by Crippen LogP contribution is -2.61. The highest BCUT2D eigenvalue weighted by molar-refractivity contribution is 8.00. The van der Waals surface area contributed by atoms with Crippen LogP contribution in [0.15, 0.2) is 0 Å². The van der Waals surface area contributed by atoms with Gasteiger partial charge in [0.25, 0.3) is 0 Å². The van der Waals surface area contributed by atoms with E-state index in [0.717, 1.165) is 0 Å². The number of nitrogens with two attached hydrogens (primary N) is 2. The molecule has 0 bridgehead atoms. The number of thioether (sulfide) groups is 1. The molecule has 1 aliphatic rings. The number of carbonyl (C=O) groups is 6. The zero-order chi connectivity index (χ0) is 26.2. The predicted molar refractivity (Wildman–Crippen MR) is 118 cm³/mol. The summed E-state index contributed by atoms with van der Waals surface area (Å²) in [5.41, 5.74) is 10.9. The third kappa shape index (κ3) is 8.44. The van der Waals surface area contributed by atoms with E-state index in [2.05, 4.69) is 21.3 Å². The monoisotopic (exact) mass is 506 g/mol. The van der Waals surface area contributed by atoms with E-state index in [1.807, 2.05) is 0 Å². The van der Waals surface area contributed by atoms with Gasteiger partial charge in [-0.15, -0.1) is 11.8 Å². The lowest BCUT2D eigenvalue weighted by molar-refractivity contribution is -0.139. The Labute approximate surface area is 198 Å². The summed E-state index contributed by atoms with van der Waals surface area (Å²) in [6, 6.07) is -7.04. The SMILES string of the molecule is CC1NC(=O)C(CO)NC(=O)C(N)CSC(C(=O)O)[C@H]([C@@H](C)O)NC(=O)C(CC(N)=O)NC1=O. The van der Waals surface area contributed by atoms with Crippen LogP contribution in [-0.4, -0.2) is 105 Å². The molecule has 1 saturated heterocycles. The molecule has 1 heterocycles. The number of aliphatic carboxylic acids is 1. The van der Waals surface area contributed by atoms with Crippen LogP contribution in [0, 0.1) is 0 Å². The third-order valence-corrected chi connectivity index (χ3v) is 6.20. The Balaban J connectivity index is 3.37. The summed E-state index contributed by atoms with van der Waals surface area (Å²) in [6.45, 7) is 1.63. The number of carboxylic acid groups (broad SMARTS) is 1. The number of carbonyl (C=O) groups excluding carboxylic acids is 5. The molecule has 1 aliphatic heterocycles. The molecule has 1 rings (SSSR count). The van der Waals surface area contributed by atoms with Gasteiger partial charge >= 0.3 is 5.97 Å². The van der Waals surface area contributed by atoms with E-state index in [9.17, 15) is 44.1 Å². The molecule has 0 spiro atoms. The highest BCUT2D eigenvalue weighted by atomic mass is 32.2. The lowest BCUT2D eigenvalue weighted by atomic mass is 10.1. The first kappa shape index (κ1) is 29.1. The van der Waals surface area contributed by atoms with E-state index in [1.54, 1.807) is 0 Å². The number of carboxylic acids is 1. The molecule has 0 saturated carbocycles. The van der Waals surface area contributed by atoms with Gasteiger partial charge in [-0.2, -0.15) is 0 Å². The van der Waals surface area contributed by atoms with Crippen LogP contribution in [0.2, 0.25) is 0 Å². The van der Waals surface area contributed by atoms with Crippen LogP contribution < -0.4 is 32.7 Å². The van der Waals surface area contributed by atoms with Crippen molar-refractivity contribution in [3.05, 3.63) is 0 Å². The minimum Gasteiger partial charge on any atom is -0.480 e. The molecule has 0 aromatic rings. The fourth-order valence-electron chi connectivity index (χ4n) is 2.89. The first-order chi connectivity index (χ1) is 15.8. The van der Waals surface area contributed by atoms with Gasteiger partial charge in [0.1, 0.15) is 23.4 Å². The van der Waals surface area contributed by atoms with Gasteiger partial charge in [0, 0.05) is 5.75 Å². The highest BCUT2D eigenvalue weighted by Gasteiger charge is 2.37. The number of aliphatic hydroxyl groups excluding tert-OH is 2. The second-order valence-electron chi connectivity index (χ2n) is 7.68. The molecule has 16 heteroatoms. The largest absolute Gasteiger partial charge is 0.480 e. The lowest BCUT2D eigenvalue weighted by Gasteiger charge is -2.30. The maximum atomic E-state index is 12.8. The van der Waals surface area contributed by atoms with E-state index in [4.69, 9.17) is 11.5 Å². The maximum Gasteiger partial charge on any atom is 0.318 e. The number of hydrogen-bond donors (Lipinski definition) is 9. The van der Waals surface area contributed by atoms with Crippen LogP contribution in [0.4, 0.5) is 0 Å². The molecule has 0 aromatic carbocycles. The Morgan fingerprint density at radius 1 is 1.03 bits per heavy atom. The van der Waals surface area contributed by atoms with E-state index >= 15 is 0 Å². The van der Waals surface area contributed by atoms with Crippen molar-refractivity contribution in [2.45, 2.75) is 61.8 Å². The smallest absolute Gasteiger partial charge is 0.318 e. The van der Waals surface area contributed by atoms with Gasteiger partial charge in [0.15, 0.2) is 0 Å². The number of aliphatic hydroxyl groups is 2. The average Bonchev–Trinajstić information content (AvgIpc) is 2.74. The first-order valence-corrected chi connectivity index (χ1v) is 11.2. The Morgan fingerprint density at radius 2 is 1.59 bits per heavy atom. The Hall–Kier alpha value is -2.95. The average molecular weight is 507 g/mol. The van der Waals surface area contributed by atoms with Crippen LogP contribution in [0.5, 0.6) is 0 Å².